The van der Waals surface area contributed by atoms with Crippen LogP contribution in [0.15, 0.2) is 72.8 Å². The summed E-state index contributed by atoms with van der Waals surface area (Å²) in [4.78, 5) is 10.5. The molecule has 32 heavy (non-hydrogen) atoms. The monoisotopic (exact) mass is 433 g/mol. The van der Waals surface area contributed by atoms with Crippen molar-refractivity contribution in [1.29, 1.82) is 0 Å². The van der Waals surface area contributed by atoms with Crippen LogP contribution in [0.4, 0.5) is 0 Å². The van der Waals surface area contributed by atoms with Crippen LogP contribution in [0.1, 0.15) is 35.1 Å². The average molecular weight is 434 g/mol. The van der Waals surface area contributed by atoms with Crippen LogP contribution in [0.25, 0.3) is 0 Å². The Kier molecular flexibility index (Phi) is 8.28. The van der Waals surface area contributed by atoms with Crippen molar-refractivity contribution in [3.63, 3.8) is 0 Å². The molecule has 0 unspecified atom stereocenters. The van der Waals surface area contributed by atoms with Crippen molar-refractivity contribution in [3.05, 3.63) is 95.1 Å². The van der Waals surface area contributed by atoms with Gasteiger partial charge in [-0.2, -0.15) is 0 Å². The molecule has 1 amide bonds. The van der Waals surface area contributed by atoms with E-state index in [1.54, 1.807) is 14.2 Å². The number of aryl methyl sites for hydroxylation is 1. The zero-order chi connectivity index (χ0) is 22.8. The fourth-order valence-electron chi connectivity index (χ4n) is 3.80. The molecule has 0 aliphatic carbocycles. The van der Waals surface area contributed by atoms with Crippen molar-refractivity contribution >= 4 is 6.41 Å². The first-order valence-electron chi connectivity index (χ1n) is 10.8. The molecule has 3 rings (SSSR count). The van der Waals surface area contributed by atoms with Crippen LogP contribution in [0, 0.1) is 6.92 Å². The third-order valence-corrected chi connectivity index (χ3v) is 5.57. The Labute approximate surface area is 190 Å². The summed E-state index contributed by atoms with van der Waals surface area (Å²) in [5.74, 6) is 1.59. The van der Waals surface area contributed by atoms with Crippen molar-refractivity contribution in [2.75, 3.05) is 27.4 Å². The Morgan fingerprint density at radius 2 is 1.22 bits per heavy atom. The number of carbonyl (C=O) groups is 1. The predicted octanol–water partition coefficient (Wildman–Crippen LogP) is 4.85. The van der Waals surface area contributed by atoms with Crippen LogP contribution in [0.2, 0.25) is 0 Å². The Bertz CT molecular complexity index is 919. The molecule has 0 bridgehead atoms. The van der Waals surface area contributed by atoms with E-state index in [-0.39, 0.29) is 0 Å². The Morgan fingerprint density at radius 1 is 0.750 bits per heavy atom. The lowest BCUT2D eigenvalue weighted by atomic mass is 9.79. The zero-order valence-electron chi connectivity index (χ0n) is 19.0. The molecule has 3 aromatic rings. The second-order valence-corrected chi connectivity index (χ2v) is 7.63. The molecule has 0 fully saturated rings. The van der Waals surface area contributed by atoms with E-state index < -0.39 is 5.60 Å². The van der Waals surface area contributed by atoms with Crippen molar-refractivity contribution in [1.82, 2.24) is 5.32 Å². The highest BCUT2D eigenvalue weighted by molar-refractivity contribution is 5.50. The van der Waals surface area contributed by atoms with Gasteiger partial charge in [-0.3, -0.25) is 4.79 Å². The molecule has 168 valence electrons. The van der Waals surface area contributed by atoms with Crippen LogP contribution in [0.3, 0.4) is 0 Å². The molecule has 0 aliphatic heterocycles. The van der Waals surface area contributed by atoms with Crippen LogP contribution in [-0.2, 0) is 15.1 Å². The second-order valence-electron chi connectivity index (χ2n) is 7.63. The minimum absolute atomic E-state index is 0.534. The molecule has 3 aromatic carbocycles. The highest BCUT2D eigenvalue weighted by Crippen LogP contribution is 2.41. The topological polar surface area (TPSA) is 56.8 Å². The summed E-state index contributed by atoms with van der Waals surface area (Å²) in [5, 5.41) is 2.71. The van der Waals surface area contributed by atoms with Gasteiger partial charge in [-0.15, -0.1) is 0 Å². The summed E-state index contributed by atoms with van der Waals surface area (Å²) in [6, 6.07) is 24.5. The van der Waals surface area contributed by atoms with E-state index in [9.17, 15) is 4.79 Å². The summed E-state index contributed by atoms with van der Waals surface area (Å²) >= 11 is 0. The van der Waals surface area contributed by atoms with E-state index in [0.29, 0.717) is 13.2 Å². The summed E-state index contributed by atoms with van der Waals surface area (Å²) in [6.45, 7) is 3.25. The highest BCUT2D eigenvalue weighted by Gasteiger charge is 2.37. The number of methoxy groups -OCH3 is 2. The maximum atomic E-state index is 10.5. The molecule has 1 N–H and O–H groups in total. The summed E-state index contributed by atoms with van der Waals surface area (Å²) in [7, 11) is 3.32. The maximum absolute atomic E-state index is 10.5. The fraction of sp³-hybridized carbons (Fsp3) is 0.296. The van der Waals surface area contributed by atoms with E-state index in [2.05, 4.69) is 60.8 Å². The van der Waals surface area contributed by atoms with Gasteiger partial charge in [0, 0.05) is 13.2 Å². The lowest BCUT2D eigenvalue weighted by Gasteiger charge is -2.36. The van der Waals surface area contributed by atoms with Crippen molar-refractivity contribution < 1.29 is 19.0 Å². The van der Waals surface area contributed by atoms with Gasteiger partial charge in [0.2, 0.25) is 6.41 Å². The van der Waals surface area contributed by atoms with Gasteiger partial charge in [-0.05, 0) is 60.7 Å². The number of unbranched alkanes of at least 4 members (excludes halogenated alkanes) is 1. The van der Waals surface area contributed by atoms with E-state index >= 15 is 0 Å². The molecule has 0 atom stereocenters. The van der Waals surface area contributed by atoms with E-state index in [1.807, 2.05) is 24.3 Å². The van der Waals surface area contributed by atoms with E-state index in [1.165, 1.54) is 5.56 Å². The van der Waals surface area contributed by atoms with Crippen molar-refractivity contribution in [3.8, 4) is 11.5 Å². The molecule has 0 saturated heterocycles. The Hall–Kier alpha value is -3.31. The van der Waals surface area contributed by atoms with Crippen molar-refractivity contribution in [2.24, 2.45) is 0 Å². The van der Waals surface area contributed by atoms with Gasteiger partial charge in [0.25, 0.3) is 0 Å². The molecule has 0 aliphatic rings. The van der Waals surface area contributed by atoms with Crippen LogP contribution < -0.4 is 14.8 Å². The first-order chi connectivity index (χ1) is 15.6. The van der Waals surface area contributed by atoms with E-state index in [4.69, 9.17) is 14.2 Å². The third kappa shape index (κ3) is 5.29. The van der Waals surface area contributed by atoms with Gasteiger partial charge in [0.05, 0.1) is 14.2 Å². The molecule has 0 aromatic heterocycles. The number of ether oxygens (including phenoxy) is 3. The number of benzene rings is 3. The van der Waals surface area contributed by atoms with Gasteiger partial charge in [-0.1, -0.05) is 54.1 Å². The summed E-state index contributed by atoms with van der Waals surface area (Å²) in [6.07, 6.45) is 2.39. The number of hydrogen-bond acceptors (Lipinski definition) is 4. The standard InChI is InChI=1S/C27H31NO4/c1-21-6-8-22(9-7-21)27(32-19-5-4-18-28-20-29,23-10-14-25(30-2)15-11-23)24-12-16-26(31-3)17-13-24/h6-17,20H,4-5,18-19H2,1-3H3,(H,28,29). The maximum Gasteiger partial charge on any atom is 0.207 e. The predicted molar refractivity (Wildman–Crippen MR) is 126 cm³/mol. The number of carbonyl (C=O) groups excluding carboxylic acids is 1. The third-order valence-electron chi connectivity index (χ3n) is 5.57. The smallest absolute Gasteiger partial charge is 0.207 e. The van der Waals surface area contributed by atoms with Gasteiger partial charge >= 0.3 is 0 Å². The van der Waals surface area contributed by atoms with E-state index in [0.717, 1.165) is 47.4 Å². The zero-order valence-corrected chi connectivity index (χ0v) is 19.0. The molecule has 0 saturated carbocycles. The van der Waals surface area contributed by atoms with Crippen molar-refractivity contribution in [2.45, 2.75) is 25.4 Å². The quantitative estimate of drug-likeness (QED) is 0.252. The average Bonchev–Trinajstić information content (AvgIpc) is 2.85. The minimum Gasteiger partial charge on any atom is -0.497 e. The van der Waals surface area contributed by atoms with Crippen LogP contribution >= 0.6 is 0 Å². The molecular weight excluding hydrogens is 402 g/mol. The number of hydrogen-bond donors (Lipinski definition) is 1. The Morgan fingerprint density at radius 3 is 1.66 bits per heavy atom. The largest absolute Gasteiger partial charge is 0.497 e. The van der Waals surface area contributed by atoms with Crippen LogP contribution in [-0.4, -0.2) is 33.8 Å². The molecule has 0 spiro atoms. The first-order valence-corrected chi connectivity index (χ1v) is 10.8. The Balaban J connectivity index is 2.08. The lowest BCUT2D eigenvalue weighted by molar-refractivity contribution is -0.109. The summed E-state index contributed by atoms with van der Waals surface area (Å²) < 4.78 is 17.5. The first kappa shape index (κ1) is 23.4. The molecule has 0 heterocycles. The molecule has 0 radical (unpaired) electrons. The lowest BCUT2D eigenvalue weighted by Crippen LogP contribution is -2.33. The minimum atomic E-state index is -0.801. The number of nitrogens with one attached hydrogen (secondary N) is 1. The molecular formula is C27H31NO4. The normalized spacial score (nSPS) is 11.1. The number of amides is 1. The van der Waals surface area contributed by atoms with Crippen LogP contribution in [0.5, 0.6) is 11.5 Å². The SMILES string of the molecule is COc1ccc(C(OCCCCNC=O)(c2ccc(C)cc2)c2ccc(OC)cc2)cc1. The number of rotatable bonds is 12. The highest BCUT2D eigenvalue weighted by atomic mass is 16.5. The second kappa shape index (κ2) is 11.3. The summed E-state index contributed by atoms with van der Waals surface area (Å²) in [5.41, 5.74) is 3.46. The van der Waals surface area contributed by atoms with Gasteiger partial charge < -0.3 is 19.5 Å². The van der Waals surface area contributed by atoms with Gasteiger partial charge in [0.1, 0.15) is 17.1 Å². The van der Waals surface area contributed by atoms with Gasteiger partial charge in [0.15, 0.2) is 0 Å². The van der Waals surface area contributed by atoms with Gasteiger partial charge in [-0.25, -0.2) is 0 Å². The molecule has 5 nitrogen and oxygen atoms in total. The fourth-order valence-corrected chi connectivity index (χ4v) is 3.80. The molecule has 5 heteroatoms.